The number of rotatable bonds is 7. The molecule has 20 heavy (non-hydrogen) atoms. The summed E-state index contributed by atoms with van der Waals surface area (Å²) in [5.74, 6) is -0.454. The molecule has 0 aromatic carbocycles. The van der Waals surface area contributed by atoms with Crippen LogP contribution in [0.4, 0.5) is 10.7 Å². The van der Waals surface area contributed by atoms with Gasteiger partial charge in [-0.3, -0.25) is 0 Å². The van der Waals surface area contributed by atoms with Gasteiger partial charge in [0.25, 0.3) is 0 Å². The molecule has 0 aliphatic carbocycles. The summed E-state index contributed by atoms with van der Waals surface area (Å²) in [6.45, 7) is 7.80. The quantitative estimate of drug-likeness (QED) is 0.782. The first-order valence-corrected chi connectivity index (χ1v) is 7.66. The first-order valence-electron chi connectivity index (χ1n) is 6.84. The van der Waals surface area contributed by atoms with Crippen LogP contribution in [0.5, 0.6) is 0 Å². The normalized spacial score (nSPS) is 10.1. The summed E-state index contributed by atoms with van der Waals surface area (Å²) in [7, 11) is 0. The van der Waals surface area contributed by atoms with Crippen molar-refractivity contribution in [3.63, 3.8) is 0 Å². The van der Waals surface area contributed by atoms with Gasteiger partial charge in [0.15, 0.2) is 0 Å². The number of hydrogen-bond acceptors (Lipinski definition) is 6. The number of unbranched alkanes of at least 4 members (excludes halogenated alkanes) is 1. The van der Waals surface area contributed by atoms with E-state index in [0.29, 0.717) is 17.0 Å². The molecule has 0 aliphatic heterocycles. The highest BCUT2D eigenvalue weighted by molar-refractivity contribution is 7.18. The SMILES string of the molecule is CCCCN(CC)c1sc(C(=O)OCC)c(N)c1C#N. The number of nitrogens with two attached hydrogens (primary N) is 1. The van der Waals surface area contributed by atoms with Crippen LogP contribution in [0, 0.1) is 11.3 Å². The third-order valence-electron chi connectivity index (χ3n) is 2.95. The van der Waals surface area contributed by atoms with E-state index in [1.54, 1.807) is 6.92 Å². The van der Waals surface area contributed by atoms with Crippen LogP contribution >= 0.6 is 11.3 Å². The fourth-order valence-electron chi connectivity index (χ4n) is 1.86. The van der Waals surface area contributed by atoms with E-state index in [-0.39, 0.29) is 5.69 Å². The number of ether oxygens (including phenoxy) is 1. The zero-order chi connectivity index (χ0) is 15.1. The van der Waals surface area contributed by atoms with Crippen LogP contribution in [0.15, 0.2) is 0 Å². The Morgan fingerprint density at radius 3 is 2.65 bits per heavy atom. The Bertz CT molecular complexity index is 505. The van der Waals surface area contributed by atoms with Gasteiger partial charge in [0, 0.05) is 13.1 Å². The molecule has 0 bridgehead atoms. The fraction of sp³-hybridized carbons (Fsp3) is 0.571. The van der Waals surface area contributed by atoms with Crippen LogP contribution in [-0.4, -0.2) is 25.7 Å². The minimum atomic E-state index is -0.454. The van der Waals surface area contributed by atoms with Crippen molar-refractivity contribution in [3.05, 3.63) is 10.4 Å². The lowest BCUT2D eigenvalue weighted by Crippen LogP contribution is -2.23. The monoisotopic (exact) mass is 295 g/mol. The Balaban J connectivity index is 3.16. The van der Waals surface area contributed by atoms with Gasteiger partial charge in [0.1, 0.15) is 21.5 Å². The molecule has 0 fully saturated rings. The highest BCUT2D eigenvalue weighted by Gasteiger charge is 2.24. The van der Waals surface area contributed by atoms with Crippen molar-refractivity contribution in [1.29, 1.82) is 5.26 Å². The molecule has 6 heteroatoms. The molecule has 1 rings (SSSR count). The van der Waals surface area contributed by atoms with E-state index in [1.165, 1.54) is 11.3 Å². The van der Waals surface area contributed by atoms with Crippen LogP contribution in [0.3, 0.4) is 0 Å². The third kappa shape index (κ3) is 3.42. The van der Waals surface area contributed by atoms with Crippen molar-refractivity contribution in [2.24, 2.45) is 0 Å². The summed E-state index contributed by atoms with van der Waals surface area (Å²) in [5, 5.41) is 10.1. The third-order valence-corrected chi connectivity index (χ3v) is 4.20. The summed E-state index contributed by atoms with van der Waals surface area (Å²) < 4.78 is 4.98. The second-order valence-electron chi connectivity index (χ2n) is 4.29. The smallest absolute Gasteiger partial charge is 0.350 e. The number of hydrogen-bond donors (Lipinski definition) is 1. The van der Waals surface area contributed by atoms with Crippen LogP contribution < -0.4 is 10.6 Å². The maximum atomic E-state index is 11.9. The van der Waals surface area contributed by atoms with Gasteiger partial charge in [0.05, 0.1) is 12.3 Å². The van der Waals surface area contributed by atoms with Gasteiger partial charge in [0.2, 0.25) is 0 Å². The number of carbonyl (C=O) groups excluding carboxylic acids is 1. The molecule has 0 radical (unpaired) electrons. The number of esters is 1. The molecule has 1 aromatic heterocycles. The van der Waals surface area contributed by atoms with E-state index >= 15 is 0 Å². The van der Waals surface area contributed by atoms with Gasteiger partial charge < -0.3 is 15.4 Å². The lowest BCUT2D eigenvalue weighted by Gasteiger charge is -2.21. The Morgan fingerprint density at radius 1 is 1.45 bits per heavy atom. The first kappa shape index (κ1) is 16.3. The maximum Gasteiger partial charge on any atom is 0.350 e. The zero-order valence-electron chi connectivity index (χ0n) is 12.2. The van der Waals surface area contributed by atoms with Crippen LogP contribution in [-0.2, 0) is 4.74 Å². The van der Waals surface area contributed by atoms with Crippen LogP contribution in [0.1, 0.15) is 48.8 Å². The minimum absolute atomic E-state index is 0.237. The summed E-state index contributed by atoms with van der Waals surface area (Å²) >= 11 is 1.25. The first-order chi connectivity index (χ1) is 9.60. The molecular weight excluding hydrogens is 274 g/mol. The largest absolute Gasteiger partial charge is 0.462 e. The van der Waals surface area contributed by atoms with Crippen molar-refractivity contribution in [2.45, 2.75) is 33.6 Å². The number of nitrogen functional groups attached to an aromatic ring is 1. The molecular formula is C14H21N3O2S. The van der Waals surface area contributed by atoms with E-state index in [9.17, 15) is 10.1 Å². The highest BCUT2D eigenvalue weighted by Crippen LogP contribution is 2.38. The Labute approximate surface area is 123 Å². The van der Waals surface area contributed by atoms with Gasteiger partial charge >= 0.3 is 5.97 Å². The molecule has 1 heterocycles. The summed E-state index contributed by atoms with van der Waals surface area (Å²) in [6, 6.07) is 2.11. The zero-order valence-corrected chi connectivity index (χ0v) is 13.0. The standard InChI is InChI=1S/C14H21N3O2S/c1-4-7-8-17(5-2)13-10(9-15)11(16)12(20-13)14(18)19-6-3/h4-8,16H2,1-3H3. The Hall–Kier alpha value is -1.74. The lowest BCUT2D eigenvalue weighted by atomic mass is 10.2. The van der Waals surface area contributed by atoms with Gasteiger partial charge in [-0.1, -0.05) is 13.3 Å². The summed E-state index contributed by atoms with van der Waals surface area (Å²) in [5.41, 5.74) is 6.55. The number of thiophene rings is 1. The topological polar surface area (TPSA) is 79.3 Å². The van der Waals surface area contributed by atoms with E-state index in [2.05, 4.69) is 17.9 Å². The molecule has 0 aliphatic rings. The van der Waals surface area contributed by atoms with Gasteiger partial charge in [-0.2, -0.15) is 5.26 Å². The minimum Gasteiger partial charge on any atom is -0.462 e. The number of carbonyl (C=O) groups is 1. The van der Waals surface area contributed by atoms with Crippen molar-refractivity contribution in [1.82, 2.24) is 0 Å². The molecule has 1 aromatic rings. The van der Waals surface area contributed by atoms with Crippen LogP contribution in [0.25, 0.3) is 0 Å². The number of nitrogens with zero attached hydrogens (tertiary/aromatic N) is 2. The lowest BCUT2D eigenvalue weighted by molar-refractivity contribution is 0.0533. The van der Waals surface area contributed by atoms with Gasteiger partial charge in [-0.05, 0) is 20.3 Å². The summed E-state index contributed by atoms with van der Waals surface area (Å²) in [4.78, 5) is 14.3. The highest BCUT2D eigenvalue weighted by atomic mass is 32.1. The van der Waals surface area contributed by atoms with Crippen LogP contribution in [0.2, 0.25) is 0 Å². The molecule has 5 nitrogen and oxygen atoms in total. The molecule has 0 unspecified atom stereocenters. The van der Waals surface area contributed by atoms with Crippen molar-refractivity contribution < 1.29 is 9.53 Å². The molecule has 0 amide bonds. The van der Waals surface area contributed by atoms with E-state index in [4.69, 9.17) is 10.5 Å². The average Bonchev–Trinajstić information content (AvgIpc) is 2.77. The van der Waals surface area contributed by atoms with E-state index in [0.717, 1.165) is 30.9 Å². The van der Waals surface area contributed by atoms with Crippen molar-refractivity contribution >= 4 is 28.0 Å². The number of nitriles is 1. The molecule has 110 valence electrons. The summed E-state index contributed by atoms with van der Waals surface area (Å²) in [6.07, 6.45) is 2.11. The predicted octanol–water partition coefficient (Wildman–Crippen LogP) is 3.01. The van der Waals surface area contributed by atoms with Gasteiger partial charge in [-0.15, -0.1) is 11.3 Å². The molecule has 0 saturated heterocycles. The molecule has 0 atom stereocenters. The Morgan fingerprint density at radius 2 is 2.15 bits per heavy atom. The molecule has 0 spiro atoms. The van der Waals surface area contributed by atoms with Crippen molar-refractivity contribution in [2.75, 3.05) is 30.3 Å². The predicted molar refractivity (Wildman–Crippen MR) is 82.2 cm³/mol. The second kappa shape index (κ2) is 7.75. The molecule has 0 saturated carbocycles. The van der Waals surface area contributed by atoms with E-state index in [1.807, 2.05) is 6.92 Å². The van der Waals surface area contributed by atoms with Crippen molar-refractivity contribution in [3.8, 4) is 6.07 Å². The Kier molecular flexibility index (Phi) is 6.32. The van der Waals surface area contributed by atoms with E-state index < -0.39 is 5.97 Å². The maximum absolute atomic E-state index is 11.9. The fourth-order valence-corrected chi connectivity index (χ4v) is 3.02. The second-order valence-corrected chi connectivity index (χ2v) is 5.29. The number of anilines is 2. The van der Waals surface area contributed by atoms with Gasteiger partial charge in [-0.25, -0.2) is 4.79 Å². The average molecular weight is 295 g/mol. The molecule has 2 N–H and O–H groups in total.